The lowest BCUT2D eigenvalue weighted by Crippen LogP contribution is -2.29. The second-order valence-electron chi connectivity index (χ2n) is 3.53. The van der Waals surface area contributed by atoms with E-state index in [0.29, 0.717) is 18.5 Å². The second-order valence-corrected chi connectivity index (χ2v) is 3.53. The Morgan fingerprint density at radius 3 is 2.73 bits per heavy atom. The molecule has 0 aromatic heterocycles. The Morgan fingerprint density at radius 2 is 2.27 bits per heavy atom. The Kier molecular flexibility index (Phi) is 6.39. The lowest BCUT2D eigenvalue weighted by atomic mass is 10.2. The standard InChI is InChI=1S/C11H18N2O2/c1-9(11(14)15-4)6-8-13(3)10(2)5-7-12/h6,10H,5,8H2,1-4H3. The van der Waals surface area contributed by atoms with Crippen LogP contribution < -0.4 is 0 Å². The van der Waals surface area contributed by atoms with Crippen molar-refractivity contribution >= 4 is 5.97 Å². The third-order valence-corrected chi connectivity index (χ3v) is 2.33. The van der Waals surface area contributed by atoms with E-state index in [0.717, 1.165) is 0 Å². The summed E-state index contributed by atoms with van der Waals surface area (Å²) >= 11 is 0. The van der Waals surface area contributed by atoms with E-state index in [4.69, 9.17) is 5.26 Å². The minimum atomic E-state index is -0.309. The summed E-state index contributed by atoms with van der Waals surface area (Å²) in [6, 6.07) is 2.31. The second kappa shape index (κ2) is 7.02. The maximum atomic E-state index is 11.1. The molecule has 0 saturated carbocycles. The molecule has 0 aliphatic heterocycles. The molecule has 0 rings (SSSR count). The van der Waals surface area contributed by atoms with Crippen LogP contribution in [0.15, 0.2) is 11.6 Å². The molecule has 1 atom stereocenters. The van der Waals surface area contributed by atoms with Crippen LogP contribution in [0.3, 0.4) is 0 Å². The zero-order valence-corrected chi connectivity index (χ0v) is 9.78. The monoisotopic (exact) mass is 210 g/mol. The van der Waals surface area contributed by atoms with Crippen LogP contribution in [0, 0.1) is 11.3 Å². The van der Waals surface area contributed by atoms with Crippen molar-refractivity contribution in [2.75, 3.05) is 20.7 Å². The first kappa shape index (κ1) is 13.7. The molecule has 0 amide bonds. The smallest absolute Gasteiger partial charge is 0.333 e. The van der Waals surface area contributed by atoms with Crippen molar-refractivity contribution in [2.24, 2.45) is 0 Å². The van der Waals surface area contributed by atoms with Gasteiger partial charge < -0.3 is 4.74 Å². The number of carbonyl (C=O) groups is 1. The fourth-order valence-electron chi connectivity index (χ4n) is 0.993. The van der Waals surface area contributed by atoms with E-state index in [1.807, 2.05) is 18.9 Å². The van der Waals surface area contributed by atoms with Gasteiger partial charge in [-0.3, -0.25) is 4.90 Å². The van der Waals surface area contributed by atoms with Crippen molar-refractivity contribution in [3.05, 3.63) is 11.6 Å². The zero-order valence-electron chi connectivity index (χ0n) is 9.78. The van der Waals surface area contributed by atoms with E-state index in [-0.39, 0.29) is 12.0 Å². The van der Waals surface area contributed by atoms with Crippen molar-refractivity contribution in [3.8, 4) is 6.07 Å². The Morgan fingerprint density at radius 1 is 1.67 bits per heavy atom. The van der Waals surface area contributed by atoms with Gasteiger partial charge in [-0.25, -0.2) is 4.79 Å². The van der Waals surface area contributed by atoms with Crippen LogP contribution in [0.1, 0.15) is 20.3 Å². The van der Waals surface area contributed by atoms with Gasteiger partial charge in [0.25, 0.3) is 0 Å². The lowest BCUT2D eigenvalue weighted by molar-refractivity contribution is -0.136. The number of nitriles is 1. The molecule has 4 heteroatoms. The Labute approximate surface area is 91.1 Å². The number of rotatable bonds is 5. The maximum Gasteiger partial charge on any atom is 0.333 e. The molecule has 1 unspecified atom stereocenters. The van der Waals surface area contributed by atoms with Crippen LogP contribution in [0.2, 0.25) is 0 Å². The zero-order chi connectivity index (χ0) is 11.8. The third kappa shape index (κ3) is 5.18. The summed E-state index contributed by atoms with van der Waals surface area (Å²) in [6.07, 6.45) is 2.29. The van der Waals surface area contributed by atoms with Gasteiger partial charge in [-0.05, 0) is 20.9 Å². The number of hydrogen-bond acceptors (Lipinski definition) is 4. The van der Waals surface area contributed by atoms with E-state index in [1.165, 1.54) is 7.11 Å². The summed E-state index contributed by atoms with van der Waals surface area (Å²) in [5.41, 5.74) is 0.591. The molecule has 84 valence electrons. The van der Waals surface area contributed by atoms with Gasteiger partial charge >= 0.3 is 5.97 Å². The van der Waals surface area contributed by atoms with Gasteiger partial charge in [0.1, 0.15) is 0 Å². The molecule has 0 aromatic carbocycles. The number of nitrogens with zero attached hydrogens (tertiary/aromatic N) is 2. The van der Waals surface area contributed by atoms with Crippen LogP contribution in [-0.2, 0) is 9.53 Å². The van der Waals surface area contributed by atoms with Crippen molar-refractivity contribution in [2.45, 2.75) is 26.3 Å². The molecule has 4 nitrogen and oxygen atoms in total. The summed E-state index contributed by atoms with van der Waals surface area (Å²) in [5.74, 6) is -0.309. The van der Waals surface area contributed by atoms with Crippen LogP contribution in [-0.4, -0.2) is 37.6 Å². The number of ether oxygens (including phenoxy) is 1. The SMILES string of the molecule is COC(=O)C(C)=CCN(C)C(C)CC#N. The first-order chi connectivity index (χ1) is 7.02. The number of hydrogen-bond donors (Lipinski definition) is 0. The van der Waals surface area contributed by atoms with Crippen LogP contribution in [0.4, 0.5) is 0 Å². The molecule has 0 aliphatic rings. The highest BCUT2D eigenvalue weighted by molar-refractivity contribution is 5.87. The van der Waals surface area contributed by atoms with Crippen LogP contribution >= 0.6 is 0 Å². The molecule has 0 N–H and O–H groups in total. The van der Waals surface area contributed by atoms with E-state index < -0.39 is 0 Å². The third-order valence-electron chi connectivity index (χ3n) is 2.33. The van der Waals surface area contributed by atoms with Gasteiger partial charge in [-0.1, -0.05) is 6.08 Å². The molecule has 0 saturated heterocycles. The summed E-state index contributed by atoms with van der Waals surface area (Å²) in [4.78, 5) is 13.1. The highest BCUT2D eigenvalue weighted by atomic mass is 16.5. The Bertz CT molecular complexity index is 279. The van der Waals surface area contributed by atoms with Crippen LogP contribution in [0.5, 0.6) is 0 Å². The lowest BCUT2D eigenvalue weighted by Gasteiger charge is -2.20. The molecule has 0 aromatic rings. The van der Waals surface area contributed by atoms with Gasteiger partial charge in [0.05, 0.1) is 19.6 Å². The molecule has 15 heavy (non-hydrogen) atoms. The Hall–Kier alpha value is -1.34. The summed E-state index contributed by atoms with van der Waals surface area (Å²) in [7, 11) is 3.28. The molecule has 0 spiro atoms. The number of methoxy groups -OCH3 is 1. The number of esters is 1. The van der Waals surface area contributed by atoms with Gasteiger partial charge in [0.2, 0.25) is 0 Å². The quantitative estimate of drug-likeness (QED) is 0.507. The van der Waals surface area contributed by atoms with Crippen molar-refractivity contribution in [1.82, 2.24) is 4.90 Å². The Balaban J connectivity index is 4.14. The summed E-state index contributed by atoms with van der Waals surface area (Å²) in [6.45, 7) is 4.34. The largest absolute Gasteiger partial charge is 0.466 e. The van der Waals surface area contributed by atoms with Crippen molar-refractivity contribution < 1.29 is 9.53 Å². The van der Waals surface area contributed by atoms with E-state index in [9.17, 15) is 4.79 Å². The minimum absolute atomic E-state index is 0.191. The number of carbonyl (C=O) groups excluding carboxylic acids is 1. The fourth-order valence-corrected chi connectivity index (χ4v) is 0.993. The molecule has 0 radical (unpaired) electrons. The van der Waals surface area contributed by atoms with E-state index in [2.05, 4.69) is 10.8 Å². The van der Waals surface area contributed by atoms with Gasteiger partial charge in [0.15, 0.2) is 0 Å². The summed E-state index contributed by atoms with van der Waals surface area (Å²) < 4.78 is 4.57. The van der Waals surface area contributed by atoms with E-state index in [1.54, 1.807) is 13.0 Å². The molecule has 0 bridgehead atoms. The first-order valence-electron chi connectivity index (χ1n) is 4.85. The van der Waals surface area contributed by atoms with Gasteiger partial charge in [0, 0.05) is 18.2 Å². The number of likely N-dealkylation sites (N-methyl/N-ethyl adjacent to an activating group) is 1. The maximum absolute atomic E-state index is 11.1. The van der Waals surface area contributed by atoms with Crippen LogP contribution in [0.25, 0.3) is 0 Å². The van der Waals surface area contributed by atoms with Gasteiger partial charge in [-0.15, -0.1) is 0 Å². The first-order valence-corrected chi connectivity index (χ1v) is 4.85. The minimum Gasteiger partial charge on any atom is -0.466 e. The topological polar surface area (TPSA) is 53.3 Å². The molecule has 0 aliphatic carbocycles. The highest BCUT2D eigenvalue weighted by Gasteiger charge is 2.08. The highest BCUT2D eigenvalue weighted by Crippen LogP contribution is 2.02. The fraction of sp³-hybridized carbons (Fsp3) is 0.636. The van der Waals surface area contributed by atoms with Gasteiger partial charge in [-0.2, -0.15) is 5.26 Å². The average molecular weight is 210 g/mol. The van der Waals surface area contributed by atoms with Crippen molar-refractivity contribution in [1.29, 1.82) is 5.26 Å². The van der Waals surface area contributed by atoms with Crippen molar-refractivity contribution in [3.63, 3.8) is 0 Å². The predicted octanol–water partition coefficient (Wildman–Crippen LogP) is 1.34. The van der Waals surface area contributed by atoms with E-state index >= 15 is 0 Å². The normalized spacial score (nSPS) is 13.5. The molecule has 0 fully saturated rings. The molecule has 0 heterocycles. The predicted molar refractivity (Wildman–Crippen MR) is 58.1 cm³/mol. The average Bonchev–Trinajstić information content (AvgIpc) is 2.24. The molecular formula is C11H18N2O2. The summed E-state index contributed by atoms with van der Waals surface area (Å²) in [5, 5.41) is 8.52. The molecular weight excluding hydrogens is 192 g/mol.